The van der Waals surface area contributed by atoms with E-state index >= 15 is 0 Å². The van der Waals surface area contributed by atoms with E-state index < -0.39 is 6.10 Å². The summed E-state index contributed by atoms with van der Waals surface area (Å²) in [5.74, 6) is 0. The zero-order chi connectivity index (χ0) is 7.11. The van der Waals surface area contributed by atoms with Gasteiger partial charge in [-0.05, 0) is 12.0 Å². The highest BCUT2D eigenvalue weighted by Crippen LogP contribution is 1.89. The summed E-state index contributed by atoms with van der Waals surface area (Å²) in [5.41, 5.74) is 7.77. The van der Waals surface area contributed by atoms with E-state index in [0.29, 0.717) is 6.42 Å². The first kappa shape index (κ1) is 8.23. The monoisotopic (exact) mass is 131 g/mol. The molecule has 1 atom stereocenters. The predicted molar refractivity (Wildman–Crippen MR) is 31.7 cm³/mol. The number of hydrogen-bond donors (Lipinski definition) is 2. The van der Waals surface area contributed by atoms with Crippen molar-refractivity contribution in [2.45, 2.75) is 12.5 Å². The molecule has 0 fully saturated rings. The maximum atomic E-state index is 8.65. The quantitative estimate of drug-likeness (QED) is 0.320. The summed E-state index contributed by atoms with van der Waals surface area (Å²) in [7, 11) is 0. The van der Waals surface area contributed by atoms with E-state index in [1.165, 1.54) is 0 Å². The van der Waals surface area contributed by atoms with E-state index in [9.17, 15) is 0 Å². The van der Waals surface area contributed by atoms with E-state index in [4.69, 9.17) is 15.7 Å². The fourth-order valence-corrected chi connectivity index (χ4v) is 0.343. The average Bonchev–Trinajstić information content (AvgIpc) is 1.89. The summed E-state index contributed by atoms with van der Waals surface area (Å²) in [6.45, 7) is -0.0425. The van der Waals surface area contributed by atoms with Crippen molar-refractivity contribution in [3.63, 3.8) is 0 Å². The zero-order valence-electron chi connectivity index (χ0n) is 4.93. The van der Waals surface area contributed by atoms with Gasteiger partial charge in [0.2, 0.25) is 0 Å². The third-order valence-corrected chi connectivity index (χ3v) is 0.836. The number of hydrogen-bond acceptors (Lipinski definition) is 3. The van der Waals surface area contributed by atoms with E-state index in [-0.39, 0.29) is 13.2 Å². The molecule has 0 amide bonds. The van der Waals surface area contributed by atoms with Crippen LogP contribution in [0.15, 0.2) is 5.11 Å². The molecule has 5 nitrogen and oxygen atoms in total. The van der Waals surface area contributed by atoms with Gasteiger partial charge in [-0.15, -0.1) is 0 Å². The van der Waals surface area contributed by atoms with E-state index in [2.05, 4.69) is 10.0 Å². The van der Waals surface area contributed by atoms with E-state index in [0.717, 1.165) is 0 Å². The first-order chi connectivity index (χ1) is 4.31. The standard InChI is InChI=1S/C4H9N3O2/c5-7-6-2-1-4(9)3-8/h4,8-9H,1-3H2/t4-/m1/s1. The van der Waals surface area contributed by atoms with Crippen molar-refractivity contribution in [1.82, 2.24) is 0 Å². The average molecular weight is 131 g/mol. The molecule has 0 unspecified atom stereocenters. The highest BCUT2D eigenvalue weighted by Gasteiger charge is 1.97. The number of azide groups is 1. The molecule has 0 aliphatic carbocycles. The molecule has 0 saturated heterocycles. The van der Waals surface area contributed by atoms with Crippen LogP contribution in [0.2, 0.25) is 0 Å². The zero-order valence-corrected chi connectivity index (χ0v) is 4.93. The highest BCUT2D eigenvalue weighted by atomic mass is 16.3. The van der Waals surface area contributed by atoms with Gasteiger partial charge in [-0.25, -0.2) is 0 Å². The van der Waals surface area contributed by atoms with Gasteiger partial charge in [0, 0.05) is 11.5 Å². The molecule has 0 aromatic rings. The molecular formula is C4H9N3O2. The molecule has 9 heavy (non-hydrogen) atoms. The number of aliphatic hydroxyl groups is 2. The Balaban J connectivity index is 3.16. The lowest BCUT2D eigenvalue weighted by Gasteiger charge is -2.01. The Morgan fingerprint density at radius 1 is 1.67 bits per heavy atom. The molecule has 2 N–H and O–H groups in total. The van der Waals surface area contributed by atoms with E-state index in [1.807, 2.05) is 0 Å². The molecule has 0 aromatic heterocycles. The number of rotatable bonds is 4. The van der Waals surface area contributed by atoms with Crippen LogP contribution in [0.3, 0.4) is 0 Å². The van der Waals surface area contributed by atoms with Gasteiger partial charge in [0.05, 0.1) is 12.7 Å². The Morgan fingerprint density at radius 3 is 2.78 bits per heavy atom. The minimum Gasteiger partial charge on any atom is -0.394 e. The van der Waals surface area contributed by atoms with Gasteiger partial charge < -0.3 is 10.2 Å². The smallest absolute Gasteiger partial charge is 0.0772 e. The Hall–Kier alpha value is -0.770. The largest absolute Gasteiger partial charge is 0.394 e. The van der Waals surface area contributed by atoms with Gasteiger partial charge in [-0.2, -0.15) is 0 Å². The van der Waals surface area contributed by atoms with Crippen molar-refractivity contribution >= 4 is 0 Å². The summed E-state index contributed by atoms with van der Waals surface area (Å²) >= 11 is 0. The molecule has 5 heteroatoms. The minimum atomic E-state index is -0.754. The molecule has 0 aliphatic heterocycles. The second-order valence-corrected chi connectivity index (χ2v) is 1.58. The van der Waals surface area contributed by atoms with Crippen LogP contribution in [0.5, 0.6) is 0 Å². The van der Waals surface area contributed by atoms with Crippen LogP contribution in [-0.4, -0.2) is 29.5 Å². The maximum Gasteiger partial charge on any atom is 0.0772 e. The lowest BCUT2D eigenvalue weighted by Crippen LogP contribution is -2.12. The summed E-state index contributed by atoms with van der Waals surface area (Å²) < 4.78 is 0. The van der Waals surface area contributed by atoms with Gasteiger partial charge in [-0.3, -0.25) is 0 Å². The first-order valence-corrected chi connectivity index (χ1v) is 2.61. The molecule has 52 valence electrons. The van der Waals surface area contributed by atoms with Crippen molar-refractivity contribution in [1.29, 1.82) is 0 Å². The second-order valence-electron chi connectivity index (χ2n) is 1.58. The second kappa shape index (κ2) is 5.37. The van der Waals surface area contributed by atoms with Gasteiger partial charge in [0.15, 0.2) is 0 Å². The van der Waals surface area contributed by atoms with Crippen molar-refractivity contribution in [3.05, 3.63) is 10.4 Å². The molecule has 0 spiro atoms. The van der Waals surface area contributed by atoms with E-state index in [1.54, 1.807) is 0 Å². The van der Waals surface area contributed by atoms with Crippen LogP contribution in [-0.2, 0) is 0 Å². The number of aliphatic hydroxyl groups excluding tert-OH is 2. The molecule has 0 aliphatic rings. The molecule has 0 aromatic carbocycles. The highest BCUT2D eigenvalue weighted by molar-refractivity contribution is 4.55. The topological polar surface area (TPSA) is 89.2 Å². The third kappa shape index (κ3) is 5.10. The fourth-order valence-electron chi connectivity index (χ4n) is 0.343. The predicted octanol–water partition coefficient (Wildman–Crippen LogP) is 0.0400. The first-order valence-electron chi connectivity index (χ1n) is 2.61. The summed E-state index contributed by atoms with van der Waals surface area (Å²) in [6, 6.07) is 0. The van der Waals surface area contributed by atoms with Gasteiger partial charge in [-0.1, -0.05) is 5.11 Å². The van der Waals surface area contributed by atoms with Crippen molar-refractivity contribution in [3.8, 4) is 0 Å². The van der Waals surface area contributed by atoms with Crippen molar-refractivity contribution < 1.29 is 10.2 Å². The summed E-state index contributed by atoms with van der Waals surface area (Å²) in [5, 5.41) is 20.1. The Kier molecular flexibility index (Phi) is 4.91. The Morgan fingerprint density at radius 2 is 2.33 bits per heavy atom. The Labute approximate surface area is 52.6 Å². The molecule has 0 heterocycles. The summed E-state index contributed by atoms with van der Waals surface area (Å²) in [6.07, 6.45) is -0.434. The fraction of sp³-hybridized carbons (Fsp3) is 1.00. The SMILES string of the molecule is [N-]=[N+]=NCC[C@@H](O)CO. The van der Waals surface area contributed by atoms with Crippen molar-refractivity contribution in [2.24, 2.45) is 5.11 Å². The van der Waals surface area contributed by atoms with Crippen LogP contribution < -0.4 is 0 Å². The molecule has 0 saturated carbocycles. The number of nitrogens with zero attached hydrogens (tertiary/aromatic N) is 3. The van der Waals surface area contributed by atoms with Crippen molar-refractivity contribution in [2.75, 3.05) is 13.2 Å². The van der Waals surface area contributed by atoms with Crippen LogP contribution in [0.1, 0.15) is 6.42 Å². The molecule has 0 radical (unpaired) electrons. The minimum absolute atomic E-state index is 0.234. The summed E-state index contributed by atoms with van der Waals surface area (Å²) in [4.78, 5) is 2.47. The molecule has 0 rings (SSSR count). The van der Waals surface area contributed by atoms with Crippen LogP contribution in [0.25, 0.3) is 10.4 Å². The third-order valence-electron chi connectivity index (χ3n) is 0.836. The van der Waals surface area contributed by atoms with Crippen LogP contribution in [0, 0.1) is 0 Å². The van der Waals surface area contributed by atoms with Crippen LogP contribution >= 0.6 is 0 Å². The van der Waals surface area contributed by atoms with Gasteiger partial charge in [0.1, 0.15) is 0 Å². The lowest BCUT2D eigenvalue weighted by atomic mass is 10.3. The van der Waals surface area contributed by atoms with Crippen LogP contribution in [0.4, 0.5) is 0 Å². The van der Waals surface area contributed by atoms with Gasteiger partial charge in [0.25, 0.3) is 0 Å². The normalized spacial score (nSPS) is 12.2. The molecule has 0 bridgehead atoms. The maximum absolute atomic E-state index is 8.65. The Bertz CT molecular complexity index is 110. The van der Waals surface area contributed by atoms with Gasteiger partial charge >= 0.3 is 0 Å². The lowest BCUT2D eigenvalue weighted by molar-refractivity contribution is 0.0903. The molecular weight excluding hydrogens is 122 g/mol.